The Bertz CT molecular complexity index is 499. The molecule has 110 valence electrons. The molecule has 20 heavy (non-hydrogen) atoms. The molecule has 1 saturated heterocycles. The van der Waals surface area contributed by atoms with Crippen molar-refractivity contribution in [1.29, 1.82) is 0 Å². The lowest BCUT2D eigenvalue weighted by atomic mass is 10.0. The second-order valence-electron chi connectivity index (χ2n) is 4.85. The molecule has 0 atom stereocenters. The molecule has 0 radical (unpaired) electrons. The van der Waals surface area contributed by atoms with Gasteiger partial charge in [0, 0.05) is 19.1 Å². The highest BCUT2D eigenvalue weighted by Crippen LogP contribution is 2.19. The van der Waals surface area contributed by atoms with E-state index in [1.807, 2.05) is 6.92 Å². The minimum absolute atomic E-state index is 0.346. The van der Waals surface area contributed by atoms with E-state index in [9.17, 15) is 18.0 Å². The van der Waals surface area contributed by atoms with Gasteiger partial charge in [0.25, 0.3) is 5.91 Å². The Morgan fingerprint density at radius 3 is 2.50 bits per heavy atom. The number of halogens is 3. The maximum Gasteiger partial charge on any atom is 0.256 e. The summed E-state index contributed by atoms with van der Waals surface area (Å²) in [6.45, 7) is 3.83. The predicted octanol–water partition coefficient (Wildman–Crippen LogP) is 2.32. The largest absolute Gasteiger partial charge is 0.338 e. The molecule has 1 N–H and O–H groups in total. The molecule has 1 aromatic carbocycles. The molecule has 3 nitrogen and oxygen atoms in total. The number of hydrogen-bond acceptors (Lipinski definition) is 2. The number of nitrogens with one attached hydrogen (secondary N) is 1. The molecule has 0 unspecified atom stereocenters. The van der Waals surface area contributed by atoms with Crippen molar-refractivity contribution in [3.8, 4) is 0 Å². The first-order valence-corrected chi connectivity index (χ1v) is 6.70. The minimum Gasteiger partial charge on any atom is -0.338 e. The van der Waals surface area contributed by atoms with Crippen LogP contribution in [0, 0.1) is 17.5 Å². The lowest BCUT2D eigenvalue weighted by molar-refractivity contribution is 0.0699. The van der Waals surface area contributed by atoms with Crippen molar-refractivity contribution in [2.75, 3.05) is 19.6 Å². The Balaban J connectivity index is 2.08. The van der Waals surface area contributed by atoms with Crippen LogP contribution >= 0.6 is 0 Å². The van der Waals surface area contributed by atoms with Gasteiger partial charge in [0.2, 0.25) is 0 Å². The van der Waals surface area contributed by atoms with Crippen molar-refractivity contribution in [1.82, 2.24) is 10.2 Å². The highest BCUT2D eigenvalue weighted by molar-refractivity contribution is 5.94. The van der Waals surface area contributed by atoms with Crippen molar-refractivity contribution in [3.05, 3.63) is 35.1 Å². The number of benzene rings is 1. The summed E-state index contributed by atoms with van der Waals surface area (Å²) in [5.41, 5.74) is -0.411. The summed E-state index contributed by atoms with van der Waals surface area (Å²) in [6.07, 6.45) is 1.54. The summed E-state index contributed by atoms with van der Waals surface area (Å²) in [5.74, 6) is -4.89. The van der Waals surface area contributed by atoms with Gasteiger partial charge in [-0.25, -0.2) is 13.2 Å². The van der Waals surface area contributed by atoms with Crippen LogP contribution in [0.1, 0.15) is 30.1 Å². The zero-order valence-electron chi connectivity index (χ0n) is 11.3. The Kier molecular flexibility index (Phi) is 4.65. The van der Waals surface area contributed by atoms with Crippen LogP contribution < -0.4 is 5.32 Å². The van der Waals surface area contributed by atoms with Crippen molar-refractivity contribution in [3.63, 3.8) is 0 Å². The van der Waals surface area contributed by atoms with Gasteiger partial charge in [-0.1, -0.05) is 6.92 Å². The topological polar surface area (TPSA) is 32.3 Å². The van der Waals surface area contributed by atoms with E-state index in [0.717, 1.165) is 31.5 Å². The number of likely N-dealkylation sites (tertiary alicyclic amines) is 1. The van der Waals surface area contributed by atoms with E-state index >= 15 is 0 Å². The quantitative estimate of drug-likeness (QED) is 0.865. The maximum absolute atomic E-state index is 13.6. The molecule has 0 saturated carbocycles. The minimum atomic E-state index is -1.60. The molecule has 1 aliphatic rings. The number of nitrogens with zero attached hydrogens (tertiary/aromatic N) is 1. The highest BCUT2D eigenvalue weighted by atomic mass is 19.2. The van der Waals surface area contributed by atoms with Crippen LogP contribution in [0.5, 0.6) is 0 Å². The molecule has 2 rings (SSSR count). The van der Waals surface area contributed by atoms with E-state index < -0.39 is 28.9 Å². The van der Waals surface area contributed by atoms with Gasteiger partial charge in [-0.3, -0.25) is 4.79 Å². The van der Waals surface area contributed by atoms with Gasteiger partial charge in [0.1, 0.15) is 0 Å². The first kappa shape index (κ1) is 14.8. The first-order chi connectivity index (χ1) is 9.54. The van der Waals surface area contributed by atoms with E-state index in [1.165, 1.54) is 4.90 Å². The van der Waals surface area contributed by atoms with Crippen molar-refractivity contribution < 1.29 is 18.0 Å². The lowest BCUT2D eigenvalue weighted by Gasteiger charge is -2.32. The van der Waals surface area contributed by atoms with Crippen molar-refractivity contribution >= 4 is 5.91 Å². The van der Waals surface area contributed by atoms with Gasteiger partial charge in [0.15, 0.2) is 17.5 Å². The molecule has 6 heteroatoms. The molecule has 1 fully saturated rings. The fourth-order valence-corrected chi connectivity index (χ4v) is 2.44. The monoisotopic (exact) mass is 286 g/mol. The summed E-state index contributed by atoms with van der Waals surface area (Å²) < 4.78 is 39.6. The molecule has 0 aliphatic carbocycles. The average Bonchev–Trinajstić information content (AvgIpc) is 2.45. The van der Waals surface area contributed by atoms with Crippen molar-refractivity contribution in [2.24, 2.45) is 0 Å². The Hall–Kier alpha value is -1.56. The summed E-state index contributed by atoms with van der Waals surface area (Å²) in [6, 6.07) is 2.11. The molecular formula is C14H17F3N2O. The van der Waals surface area contributed by atoms with Gasteiger partial charge >= 0.3 is 0 Å². The summed E-state index contributed by atoms with van der Waals surface area (Å²) in [4.78, 5) is 13.6. The predicted molar refractivity (Wildman–Crippen MR) is 68.9 cm³/mol. The van der Waals surface area contributed by atoms with Gasteiger partial charge in [-0.15, -0.1) is 0 Å². The average molecular weight is 286 g/mol. The number of hydrogen-bond donors (Lipinski definition) is 1. The van der Waals surface area contributed by atoms with Gasteiger partial charge in [-0.05, 0) is 31.5 Å². The third-order valence-electron chi connectivity index (χ3n) is 3.54. The van der Waals surface area contributed by atoms with Gasteiger partial charge in [0.05, 0.1) is 5.56 Å². The molecule has 0 bridgehead atoms. The fraction of sp³-hybridized carbons (Fsp3) is 0.500. The normalized spacial score (nSPS) is 16.5. The van der Waals surface area contributed by atoms with E-state index in [2.05, 4.69) is 5.32 Å². The number of piperidine rings is 1. The Labute approximate surface area is 115 Å². The zero-order valence-corrected chi connectivity index (χ0v) is 11.3. The number of carbonyl (C=O) groups excluding carboxylic acids is 1. The van der Waals surface area contributed by atoms with Crippen LogP contribution in [0.2, 0.25) is 0 Å². The lowest BCUT2D eigenvalue weighted by Crippen LogP contribution is -2.45. The van der Waals surface area contributed by atoms with Crippen LogP contribution in [-0.2, 0) is 0 Å². The molecule has 1 aromatic rings. The number of rotatable bonds is 3. The van der Waals surface area contributed by atoms with Crippen LogP contribution in [0.3, 0.4) is 0 Å². The smallest absolute Gasteiger partial charge is 0.256 e. The SMILES string of the molecule is CCNC1CCN(C(=O)c2ccc(F)c(F)c2F)CC1. The van der Waals surface area contributed by atoms with E-state index in [-0.39, 0.29) is 0 Å². The maximum atomic E-state index is 13.6. The highest BCUT2D eigenvalue weighted by Gasteiger charge is 2.26. The summed E-state index contributed by atoms with van der Waals surface area (Å²) in [5, 5.41) is 3.29. The second kappa shape index (κ2) is 6.26. The van der Waals surface area contributed by atoms with Crippen molar-refractivity contribution in [2.45, 2.75) is 25.8 Å². The standard InChI is InChI=1S/C14H17F3N2O/c1-2-18-9-5-7-19(8-6-9)14(20)10-3-4-11(15)13(17)12(10)16/h3-4,9,18H,2,5-8H2,1H3. The van der Waals surface area contributed by atoms with Crippen LogP contribution in [0.4, 0.5) is 13.2 Å². The zero-order chi connectivity index (χ0) is 14.7. The number of carbonyl (C=O) groups is 1. The molecular weight excluding hydrogens is 269 g/mol. The molecule has 0 aromatic heterocycles. The molecule has 1 aliphatic heterocycles. The Morgan fingerprint density at radius 1 is 1.25 bits per heavy atom. The van der Waals surface area contributed by atoms with Gasteiger partial charge in [-0.2, -0.15) is 0 Å². The van der Waals surface area contributed by atoms with E-state index in [1.54, 1.807) is 0 Å². The number of amides is 1. The summed E-state index contributed by atoms with van der Waals surface area (Å²) in [7, 11) is 0. The van der Waals surface area contributed by atoms with E-state index in [0.29, 0.717) is 19.1 Å². The molecule has 1 heterocycles. The van der Waals surface area contributed by atoms with Gasteiger partial charge < -0.3 is 10.2 Å². The Morgan fingerprint density at radius 2 is 1.90 bits per heavy atom. The van der Waals surface area contributed by atoms with Crippen LogP contribution in [-0.4, -0.2) is 36.5 Å². The van der Waals surface area contributed by atoms with Crippen LogP contribution in [0.15, 0.2) is 12.1 Å². The third-order valence-corrected chi connectivity index (χ3v) is 3.54. The summed E-state index contributed by atoms with van der Waals surface area (Å²) >= 11 is 0. The first-order valence-electron chi connectivity index (χ1n) is 6.70. The van der Waals surface area contributed by atoms with Crippen LogP contribution in [0.25, 0.3) is 0 Å². The molecule has 1 amide bonds. The third kappa shape index (κ3) is 2.95. The molecule has 0 spiro atoms. The fourth-order valence-electron chi connectivity index (χ4n) is 2.44. The second-order valence-corrected chi connectivity index (χ2v) is 4.85. The van der Waals surface area contributed by atoms with E-state index in [4.69, 9.17) is 0 Å².